The van der Waals surface area contributed by atoms with Gasteiger partial charge in [-0.3, -0.25) is 19.3 Å². The summed E-state index contributed by atoms with van der Waals surface area (Å²) >= 11 is 0. The van der Waals surface area contributed by atoms with Gasteiger partial charge < -0.3 is 9.72 Å². The summed E-state index contributed by atoms with van der Waals surface area (Å²) < 4.78 is 39.8. The van der Waals surface area contributed by atoms with Crippen LogP contribution in [0, 0.1) is 0 Å². The summed E-state index contributed by atoms with van der Waals surface area (Å²) in [5, 5.41) is 2.64. The number of nitrogens with zero attached hydrogens (tertiary/aromatic N) is 3. The number of carbonyl (C=O) groups excluding carboxylic acids is 3. The van der Waals surface area contributed by atoms with Crippen molar-refractivity contribution in [1.29, 1.82) is 0 Å². The second kappa shape index (κ2) is 7.53. The number of alkyl halides is 3. The highest BCUT2D eigenvalue weighted by molar-refractivity contribution is 6.22. The number of pyridine rings is 1. The third kappa shape index (κ3) is 3.76. The summed E-state index contributed by atoms with van der Waals surface area (Å²) in [4.78, 5) is 42.6. The van der Waals surface area contributed by atoms with Crippen molar-refractivity contribution in [2.24, 2.45) is 0 Å². The first-order chi connectivity index (χ1) is 14.7. The summed E-state index contributed by atoms with van der Waals surface area (Å²) in [6.45, 7) is 1.60. The van der Waals surface area contributed by atoms with Gasteiger partial charge in [0.05, 0.1) is 22.4 Å². The molecule has 10 heteroatoms. The van der Waals surface area contributed by atoms with Crippen LogP contribution in [0.1, 0.15) is 38.9 Å². The van der Waals surface area contributed by atoms with Gasteiger partial charge in [0, 0.05) is 25.4 Å². The fraction of sp³-hybridized carbons (Fsp3) is 0.238. The molecule has 0 fully saturated rings. The van der Waals surface area contributed by atoms with Crippen LogP contribution in [0.3, 0.4) is 0 Å². The average molecular weight is 430 g/mol. The molecule has 0 radical (unpaired) electrons. The molecule has 1 aromatic carbocycles. The van der Waals surface area contributed by atoms with E-state index < -0.39 is 35.5 Å². The first kappa shape index (κ1) is 20.6. The maximum atomic E-state index is 12.8. The van der Waals surface area contributed by atoms with Crippen LogP contribution in [-0.2, 0) is 17.4 Å². The Morgan fingerprint density at radius 3 is 2.32 bits per heavy atom. The number of imide groups is 1. The maximum absolute atomic E-state index is 12.8. The van der Waals surface area contributed by atoms with E-state index in [1.54, 1.807) is 12.1 Å². The van der Waals surface area contributed by atoms with Gasteiger partial charge in [0.1, 0.15) is 11.7 Å². The van der Waals surface area contributed by atoms with Gasteiger partial charge in [-0.25, -0.2) is 4.98 Å². The predicted molar refractivity (Wildman–Crippen MR) is 103 cm³/mol. The lowest BCUT2D eigenvalue weighted by molar-refractivity contribution is -0.137. The smallest absolute Gasteiger partial charge is 0.354 e. The molecule has 1 atom stereocenters. The van der Waals surface area contributed by atoms with E-state index in [-0.39, 0.29) is 24.1 Å². The Balaban J connectivity index is 1.38. The van der Waals surface area contributed by atoms with Gasteiger partial charge in [-0.15, -0.1) is 0 Å². The lowest BCUT2D eigenvalue weighted by Crippen LogP contribution is -2.48. The van der Waals surface area contributed by atoms with E-state index in [2.05, 4.69) is 10.3 Å². The summed E-state index contributed by atoms with van der Waals surface area (Å²) in [6.07, 6.45) is -1.77. The lowest BCUT2D eigenvalue weighted by atomic mass is 10.1. The lowest BCUT2D eigenvalue weighted by Gasteiger charge is -2.21. The van der Waals surface area contributed by atoms with Crippen molar-refractivity contribution < 1.29 is 27.6 Å². The molecule has 160 valence electrons. The number of hydrogen-bond donors (Lipinski definition) is 1. The molecule has 1 unspecified atom stereocenters. The van der Waals surface area contributed by atoms with Crippen molar-refractivity contribution in [3.05, 3.63) is 71.2 Å². The number of halogens is 3. The number of nitrogens with one attached hydrogen (secondary N) is 1. The standard InChI is InChI=1S/C21H17F3N4O3/c1-12(28-19(30)15-4-2-3-5-16(15)20(28)31)18(29)25-9-8-14-11-27-10-13(21(22,23)24)6-7-17(27)26-14/h2-7,10-12H,8-9H2,1H3,(H,25,29). The van der Waals surface area contributed by atoms with Crippen molar-refractivity contribution in [1.82, 2.24) is 19.6 Å². The molecule has 7 nitrogen and oxygen atoms in total. The monoisotopic (exact) mass is 430 g/mol. The number of imidazole rings is 1. The topological polar surface area (TPSA) is 83.8 Å². The van der Waals surface area contributed by atoms with Gasteiger partial charge in [-0.05, 0) is 31.2 Å². The van der Waals surface area contributed by atoms with Crippen molar-refractivity contribution in [2.45, 2.75) is 25.6 Å². The summed E-state index contributed by atoms with van der Waals surface area (Å²) in [5.74, 6) is -1.56. The fourth-order valence-corrected chi connectivity index (χ4v) is 3.47. The zero-order valence-electron chi connectivity index (χ0n) is 16.3. The number of carbonyl (C=O) groups is 3. The normalized spacial score (nSPS) is 14.8. The van der Waals surface area contributed by atoms with E-state index >= 15 is 0 Å². The highest BCUT2D eigenvalue weighted by atomic mass is 19.4. The Morgan fingerprint density at radius 1 is 1.06 bits per heavy atom. The van der Waals surface area contributed by atoms with E-state index in [4.69, 9.17) is 0 Å². The van der Waals surface area contributed by atoms with E-state index in [0.717, 1.165) is 17.2 Å². The Bertz CT molecular complexity index is 1170. The van der Waals surface area contributed by atoms with E-state index in [9.17, 15) is 27.6 Å². The Kier molecular flexibility index (Phi) is 5.00. The minimum Gasteiger partial charge on any atom is -0.354 e. The van der Waals surface area contributed by atoms with Crippen molar-refractivity contribution in [3.63, 3.8) is 0 Å². The second-order valence-electron chi connectivity index (χ2n) is 7.16. The molecule has 0 saturated carbocycles. The van der Waals surface area contributed by atoms with Crippen molar-refractivity contribution in [3.8, 4) is 0 Å². The number of hydrogen-bond acceptors (Lipinski definition) is 4. The largest absolute Gasteiger partial charge is 0.417 e. The zero-order valence-corrected chi connectivity index (χ0v) is 16.3. The van der Waals surface area contributed by atoms with Crippen LogP contribution in [0.25, 0.3) is 5.65 Å². The van der Waals surface area contributed by atoms with Gasteiger partial charge in [0.25, 0.3) is 11.8 Å². The molecule has 0 bridgehead atoms. The molecule has 1 N–H and O–H groups in total. The fourth-order valence-electron chi connectivity index (χ4n) is 3.47. The van der Waals surface area contributed by atoms with Crippen LogP contribution in [0.15, 0.2) is 48.8 Å². The molecule has 1 aliphatic rings. The van der Waals surface area contributed by atoms with E-state index in [1.165, 1.54) is 35.7 Å². The minimum absolute atomic E-state index is 0.141. The molecule has 3 amide bonds. The molecule has 0 aliphatic carbocycles. The molecule has 3 aromatic rings. The Labute approximate surface area is 174 Å². The SMILES string of the molecule is CC(C(=O)NCCc1cn2cc(C(F)(F)F)ccc2n1)N1C(=O)c2ccccc2C1=O. The van der Waals surface area contributed by atoms with Crippen LogP contribution in [0.4, 0.5) is 13.2 Å². The zero-order chi connectivity index (χ0) is 22.3. The third-order valence-electron chi connectivity index (χ3n) is 5.10. The van der Waals surface area contributed by atoms with Crippen LogP contribution < -0.4 is 5.32 Å². The van der Waals surface area contributed by atoms with Crippen molar-refractivity contribution in [2.75, 3.05) is 6.54 Å². The van der Waals surface area contributed by atoms with E-state index in [1.807, 2.05) is 0 Å². The molecular formula is C21H17F3N4O3. The number of benzene rings is 1. The van der Waals surface area contributed by atoms with E-state index in [0.29, 0.717) is 11.3 Å². The van der Waals surface area contributed by atoms with Gasteiger partial charge in [0.2, 0.25) is 5.91 Å². The predicted octanol–water partition coefficient (Wildman–Crippen LogP) is 2.70. The average Bonchev–Trinajstić information content (AvgIpc) is 3.25. The molecule has 0 saturated heterocycles. The number of rotatable bonds is 5. The highest BCUT2D eigenvalue weighted by Gasteiger charge is 2.40. The Hall–Kier alpha value is -3.69. The van der Waals surface area contributed by atoms with Gasteiger partial charge in [-0.1, -0.05) is 12.1 Å². The molecule has 4 rings (SSSR count). The summed E-state index contributed by atoms with van der Waals surface area (Å²) in [7, 11) is 0. The number of amides is 3. The highest BCUT2D eigenvalue weighted by Crippen LogP contribution is 2.29. The second-order valence-corrected chi connectivity index (χ2v) is 7.16. The van der Waals surface area contributed by atoms with Crippen LogP contribution >= 0.6 is 0 Å². The molecular weight excluding hydrogens is 413 g/mol. The molecule has 3 heterocycles. The summed E-state index contributed by atoms with van der Waals surface area (Å²) in [5.41, 5.74) is 0.582. The first-order valence-electron chi connectivity index (χ1n) is 9.46. The molecule has 2 aromatic heterocycles. The van der Waals surface area contributed by atoms with Crippen LogP contribution in [0.2, 0.25) is 0 Å². The third-order valence-corrected chi connectivity index (χ3v) is 5.10. The van der Waals surface area contributed by atoms with Crippen molar-refractivity contribution >= 4 is 23.4 Å². The minimum atomic E-state index is -4.45. The van der Waals surface area contributed by atoms with Gasteiger partial charge >= 0.3 is 6.18 Å². The first-order valence-corrected chi connectivity index (χ1v) is 9.46. The van der Waals surface area contributed by atoms with Gasteiger partial charge in [-0.2, -0.15) is 13.2 Å². The Morgan fingerprint density at radius 2 is 1.71 bits per heavy atom. The molecule has 31 heavy (non-hydrogen) atoms. The maximum Gasteiger partial charge on any atom is 0.417 e. The number of fused-ring (bicyclic) bond motifs is 2. The summed E-state index contributed by atoms with van der Waals surface area (Å²) in [6, 6.07) is 7.58. The van der Waals surface area contributed by atoms with Gasteiger partial charge in [0.15, 0.2) is 0 Å². The van der Waals surface area contributed by atoms with Crippen LogP contribution in [-0.4, -0.2) is 44.6 Å². The van der Waals surface area contributed by atoms with Crippen LogP contribution in [0.5, 0.6) is 0 Å². The molecule has 1 aliphatic heterocycles. The molecule has 0 spiro atoms. The number of aromatic nitrogens is 2. The quantitative estimate of drug-likeness (QED) is 0.631.